The molecule has 3 aromatic rings. The topological polar surface area (TPSA) is 20.2 Å². The molecule has 198 valence electrons. The smallest absolute Gasteiger partial charge is 0.200 e. The number of phenols is 1. The normalized spacial score (nSPS) is 16.0. The van der Waals surface area contributed by atoms with Gasteiger partial charge in [0, 0.05) is 22.3 Å². The van der Waals surface area contributed by atoms with E-state index in [0.717, 1.165) is 18.2 Å². The van der Waals surface area contributed by atoms with Gasteiger partial charge in [-0.15, -0.1) is 0 Å². The highest BCUT2D eigenvalue weighted by atomic mass is 19.2. The van der Waals surface area contributed by atoms with Crippen LogP contribution in [0.1, 0.15) is 49.3 Å². The molecule has 0 spiro atoms. The summed E-state index contributed by atoms with van der Waals surface area (Å²) in [5, 5.41) is 9.25. The van der Waals surface area contributed by atoms with E-state index in [1.54, 1.807) is 18.2 Å². The zero-order valence-electron chi connectivity index (χ0n) is 20.7. The van der Waals surface area contributed by atoms with Crippen LogP contribution in [0.4, 0.5) is 26.3 Å². The van der Waals surface area contributed by atoms with Crippen LogP contribution in [-0.4, -0.2) is 5.11 Å². The number of rotatable bonds is 7. The van der Waals surface area contributed by atoms with E-state index in [1.807, 2.05) is 25.2 Å². The quantitative estimate of drug-likeness (QED) is 0.239. The molecule has 7 heteroatoms. The first-order valence-electron chi connectivity index (χ1n) is 12.3. The Labute approximate surface area is 217 Å². The summed E-state index contributed by atoms with van der Waals surface area (Å²) in [5.41, 5.74) is 0.231. The summed E-state index contributed by atoms with van der Waals surface area (Å²) < 4.78 is 86.5. The third-order valence-electron chi connectivity index (χ3n) is 6.79. The lowest BCUT2D eigenvalue weighted by Gasteiger charge is -2.20. The van der Waals surface area contributed by atoms with Crippen LogP contribution < -0.4 is 0 Å². The average molecular weight is 529 g/mol. The predicted octanol–water partition coefficient (Wildman–Crippen LogP) is 9.30. The van der Waals surface area contributed by atoms with E-state index in [4.69, 9.17) is 0 Å². The van der Waals surface area contributed by atoms with Crippen molar-refractivity contribution in [3.05, 3.63) is 112 Å². The van der Waals surface area contributed by atoms with Gasteiger partial charge in [-0.25, -0.2) is 22.0 Å². The Hall–Kier alpha value is -3.74. The summed E-state index contributed by atoms with van der Waals surface area (Å²) >= 11 is 0. The van der Waals surface area contributed by atoms with Gasteiger partial charge in [-0.2, -0.15) is 4.39 Å². The van der Waals surface area contributed by atoms with Crippen molar-refractivity contribution in [2.45, 2.75) is 39.0 Å². The van der Waals surface area contributed by atoms with Gasteiger partial charge in [0.1, 0.15) is 0 Å². The molecule has 0 heterocycles. The number of allylic oxidation sites excluding steroid dienone is 5. The molecule has 0 aliphatic heterocycles. The molecule has 0 saturated heterocycles. The lowest BCUT2D eigenvalue weighted by molar-refractivity contribution is 0.407. The van der Waals surface area contributed by atoms with Gasteiger partial charge in [-0.1, -0.05) is 54.6 Å². The monoisotopic (exact) mass is 528 g/mol. The third-order valence-corrected chi connectivity index (χ3v) is 6.79. The number of phenolic OH excluding ortho intramolecular Hbond substituents is 1. The van der Waals surface area contributed by atoms with Crippen molar-refractivity contribution in [1.29, 1.82) is 0 Å². The molecule has 1 N–H and O–H groups in total. The van der Waals surface area contributed by atoms with Crippen LogP contribution in [0.25, 0.3) is 22.8 Å². The molecular weight excluding hydrogens is 502 g/mol. The minimum atomic E-state index is -1.54. The maximum atomic E-state index is 14.7. The van der Waals surface area contributed by atoms with Crippen molar-refractivity contribution in [1.82, 2.24) is 0 Å². The maximum Gasteiger partial charge on any atom is 0.200 e. The van der Waals surface area contributed by atoms with Crippen molar-refractivity contribution in [3.63, 3.8) is 0 Å². The molecule has 0 radical (unpaired) electrons. The van der Waals surface area contributed by atoms with Gasteiger partial charge < -0.3 is 5.11 Å². The number of hydrogen-bond acceptors (Lipinski definition) is 1. The van der Waals surface area contributed by atoms with E-state index in [9.17, 15) is 31.4 Å². The molecule has 0 aromatic heterocycles. The lowest BCUT2D eigenvalue weighted by atomic mass is 9.85. The van der Waals surface area contributed by atoms with Gasteiger partial charge >= 0.3 is 0 Å². The fourth-order valence-corrected chi connectivity index (χ4v) is 4.60. The Morgan fingerprint density at radius 3 is 2.13 bits per heavy atom. The van der Waals surface area contributed by atoms with E-state index in [-0.39, 0.29) is 17.0 Å². The largest absolute Gasteiger partial charge is 0.505 e. The number of hydrogen-bond donors (Lipinski definition) is 1. The average Bonchev–Trinajstić information content (AvgIpc) is 2.92. The molecular formula is C31H26F6O. The van der Waals surface area contributed by atoms with E-state index < -0.39 is 51.8 Å². The van der Waals surface area contributed by atoms with Crippen LogP contribution in [0.5, 0.6) is 5.75 Å². The molecule has 3 aromatic carbocycles. The summed E-state index contributed by atoms with van der Waals surface area (Å²) in [6.45, 7) is 1.87. The Morgan fingerprint density at radius 1 is 0.789 bits per heavy atom. The molecule has 4 rings (SSSR count). The summed E-state index contributed by atoms with van der Waals surface area (Å²) in [5.74, 6) is -8.22. The molecule has 0 amide bonds. The van der Waals surface area contributed by atoms with E-state index in [2.05, 4.69) is 0 Å². The zero-order valence-corrected chi connectivity index (χ0v) is 20.7. The lowest BCUT2D eigenvalue weighted by Crippen LogP contribution is -2.06. The first-order chi connectivity index (χ1) is 18.2. The predicted molar refractivity (Wildman–Crippen MR) is 137 cm³/mol. The van der Waals surface area contributed by atoms with E-state index in [0.29, 0.717) is 43.2 Å². The van der Waals surface area contributed by atoms with Crippen molar-refractivity contribution >= 4 is 11.6 Å². The van der Waals surface area contributed by atoms with Gasteiger partial charge in [-0.05, 0) is 68.2 Å². The number of aromatic hydroxyl groups is 1. The Balaban J connectivity index is 1.48. The van der Waals surface area contributed by atoms with E-state index >= 15 is 0 Å². The first-order valence-corrected chi connectivity index (χ1v) is 12.3. The second-order valence-corrected chi connectivity index (χ2v) is 9.22. The number of aryl methyl sites for hydroxylation is 1. The van der Waals surface area contributed by atoms with Gasteiger partial charge in [0.25, 0.3) is 0 Å². The molecule has 1 atom stereocenters. The summed E-state index contributed by atoms with van der Waals surface area (Å²) in [4.78, 5) is 0. The van der Waals surface area contributed by atoms with Gasteiger partial charge in [-0.3, -0.25) is 0 Å². The van der Waals surface area contributed by atoms with Crippen LogP contribution in [0, 0.1) is 40.8 Å². The van der Waals surface area contributed by atoms with Crippen molar-refractivity contribution in [3.8, 4) is 16.9 Å². The highest BCUT2D eigenvalue weighted by molar-refractivity contribution is 5.69. The molecule has 38 heavy (non-hydrogen) atoms. The minimum Gasteiger partial charge on any atom is -0.505 e. The molecule has 0 fully saturated rings. The molecule has 1 unspecified atom stereocenters. The molecule has 1 aliphatic rings. The third kappa shape index (κ3) is 5.57. The van der Waals surface area contributed by atoms with Crippen LogP contribution >= 0.6 is 0 Å². The molecule has 1 nitrogen and oxygen atoms in total. The Bertz CT molecular complexity index is 1440. The standard InChI is InChI=1S/C31H26F6O/c1-2-3-4-5-20-12-14-22(28(34)26(20)32)19-9-6-18(7-10-19)8-11-21-13-15-23(29(35)27(21)33)24-16-17-25(38)31(37)30(24)36/h2-3,8-9,11-18,38H,4-7,10H2,1H3/b3-2+,11-8+. The van der Waals surface area contributed by atoms with Crippen LogP contribution in [0.3, 0.4) is 0 Å². The van der Waals surface area contributed by atoms with Crippen molar-refractivity contribution < 1.29 is 31.4 Å². The summed E-state index contributed by atoms with van der Waals surface area (Å²) in [6.07, 6.45) is 11.4. The van der Waals surface area contributed by atoms with Crippen LogP contribution in [0.2, 0.25) is 0 Å². The first kappa shape index (κ1) is 27.3. The zero-order chi connectivity index (χ0) is 27.4. The van der Waals surface area contributed by atoms with E-state index in [1.165, 1.54) is 12.1 Å². The highest BCUT2D eigenvalue weighted by Gasteiger charge is 2.22. The minimum absolute atomic E-state index is 0.0301. The highest BCUT2D eigenvalue weighted by Crippen LogP contribution is 2.35. The second kappa shape index (κ2) is 11.8. The Kier molecular flexibility index (Phi) is 8.45. The molecule has 0 saturated carbocycles. The molecule has 0 bridgehead atoms. The summed E-state index contributed by atoms with van der Waals surface area (Å²) in [6, 6.07) is 7.46. The van der Waals surface area contributed by atoms with Crippen molar-refractivity contribution in [2.75, 3.05) is 0 Å². The molecule has 1 aliphatic carbocycles. The van der Waals surface area contributed by atoms with Crippen LogP contribution in [0.15, 0.2) is 60.7 Å². The van der Waals surface area contributed by atoms with Crippen molar-refractivity contribution in [2.24, 2.45) is 5.92 Å². The maximum absolute atomic E-state index is 14.7. The number of benzene rings is 3. The van der Waals surface area contributed by atoms with Gasteiger partial charge in [0.05, 0.1) is 0 Å². The summed E-state index contributed by atoms with van der Waals surface area (Å²) in [7, 11) is 0. The van der Waals surface area contributed by atoms with Gasteiger partial charge in [0.2, 0.25) is 5.82 Å². The SMILES string of the molecule is C/C=C/CCc1ccc(C2=CCC(/C=C/c3ccc(-c4ccc(O)c(F)c4F)c(F)c3F)CC2)c(F)c1F. The number of halogens is 6. The fourth-order valence-electron chi connectivity index (χ4n) is 4.60. The van der Waals surface area contributed by atoms with Crippen LogP contribution in [-0.2, 0) is 6.42 Å². The fraction of sp³-hybridized carbons (Fsp3) is 0.226. The Morgan fingerprint density at radius 2 is 1.45 bits per heavy atom. The van der Waals surface area contributed by atoms with Gasteiger partial charge in [0.15, 0.2) is 34.8 Å². The second-order valence-electron chi connectivity index (χ2n) is 9.22.